The molecule has 0 radical (unpaired) electrons. The number of nitrogens with zero attached hydrogens (tertiary/aromatic N) is 2. The highest BCUT2D eigenvalue weighted by Crippen LogP contribution is 2.33. The normalized spacial score (nSPS) is 32.2. The standard InChI is InChI=1S/C29H35FN4O4/c1-28(2)16-33(17-29(3,4)38-28)14-18-8-9-19(22(30)12-18)13-31-23-7-5-6-20-21(23)15-34(27(20)37)24-10-11-25(35)32-26(24)36/h5-9,12,24,31H,10-11,13-17H2,1-4H3,(H,32,35,36)/i1D3,14D2,16D2,17D2. The van der Waals surface area contributed by atoms with E-state index in [1.165, 1.54) is 30.9 Å². The smallest absolute Gasteiger partial charge is 0.255 e. The topological polar surface area (TPSA) is 91.0 Å². The van der Waals surface area contributed by atoms with E-state index in [-0.39, 0.29) is 42.3 Å². The highest BCUT2D eigenvalue weighted by Gasteiger charge is 2.40. The molecule has 3 aliphatic heterocycles. The SMILES string of the molecule is [2H]C([2H])(c1ccc(CNc2cccc3c2CN(C2CCC(=O)NC2=O)C3=O)c(F)c1)N1C([2H])([2H])C(C)(C)OC(C)(C([2H])([2H])[2H])C1([2H])[2H]. The molecular formula is C29H35FN4O4. The number of piperidine rings is 1. The van der Waals surface area contributed by atoms with Crippen molar-refractivity contribution in [3.63, 3.8) is 0 Å². The van der Waals surface area contributed by atoms with Crippen molar-refractivity contribution in [2.75, 3.05) is 18.3 Å². The van der Waals surface area contributed by atoms with E-state index in [2.05, 4.69) is 10.6 Å². The molecule has 2 atom stereocenters. The molecule has 0 spiro atoms. The summed E-state index contributed by atoms with van der Waals surface area (Å²) in [5, 5.41) is 5.32. The van der Waals surface area contributed by atoms with Gasteiger partial charge in [-0.2, -0.15) is 0 Å². The van der Waals surface area contributed by atoms with Crippen molar-refractivity contribution in [1.82, 2.24) is 15.1 Å². The molecule has 2 aromatic carbocycles. The summed E-state index contributed by atoms with van der Waals surface area (Å²) in [6.45, 7) is -9.06. The summed E-state index contributed by atoms with van der Waals surface area (Å²) < 4.78 is 97.7. The molecule has 0 bridgehead atoms. The van der Waals surface area contributed by atoms with Crippen LogP contribution in [0.5, 0.6) is 0 Å². The van der Waals surface area contributed by atoms with E-state index in [1.807, 2.05) is 0 Å². The highest BCUT2D eigenvalue weighted by atomic mass is 19.1. The van der Waals surface area contributed by atoms with Crippen LogP contribution >= 0.6 is 0 Å². The van der Waals surface area contributed by atoms with Crippen molar-refractivity contribution < 1.29 is 35.8 Å². The molecule has 5 rings (SSSR count). The number of carbonyl (C=O) groups excluding carboxylic acids is 3. The van der Waals surface area contributed by atoms with Gasteiger partial charge in [0.05, 0.1) is 11.2 Å². The highest BCUT2D eigenvalue weighted by molar-refractivity contribution is 6.06. The van der Waals surface area contributed by atoms with Crippen molar-refractivity contribution in [2.24, 2.45) is 0 Å². The molecule has 2 unspecified atom stereocenters. The fraction of sp³-hybridized carbons (Fsp3) is 0.483. The second-order valence-corrected chi connectivity index (χ2v) is 10.2. The third-order valence-corrected chi connectivity index (χ3v) is 6.51. The number of fused-ring (bicyclic) bond motifs is 1. The molecule has 2 fully saturated rings. The molecule has 2 aromatic rings. The minimum Gasteiger partial charge on any atom is -0.381 e. The first-order chi connectivity index (χ1) is 21.5. The molecule has 38 heavy (non-hydrogen) atoms. The lowest BCUT2D eigenvalue weighted by atomic mass is 9.98. The van der Waals surface area contributed by atoms with E-state index >= 15 is 4.39 Å². The van der Waals surface area contributed by atoms with Gasteiger partial charge < -0.3 is 15.0 Å². The first kappa shape index (κ1) is 17.3. The lowest BCUT2D eigenvalue weighted by molar-refractivity contribution is -0.182. The first-order valence-electron chi connectivity index (χ1n) is 16.8. The molecule has 8 nitrogen and oxygen atoms in total. The van der Waals surface area contributed by atoms with Crippen molar-refractivity contribution in [3.05, 3.63) is 64.5 Å². The number of nitrogens with one attached hydrogen (secondary N) is 2. The van der Waals surface area contributed by atoms with Crippen LogP contribution in [0.2, 0.25) is 0 Å². The summed E-state index contributed by atoms with van der Waals surface area (Å²) in [6.07, 6.45) is 0.296. The molecule has 2 N–H and O–H groups in total. The number of hydrogen-bond donors (Lipinski definition) is 2. The number of hydrogen-bond acceptors (Lipinski definition) is 6. The fourth-order valence-electron chi connectivity index (χ4n) is 4.95. The second-order valence-electron chi connectivity index (χ2n) is 10.2. The van der Waals surface area contributed by atoms with Gasteiger partial charge in [0.25, 0.3) is 5.91 Å². The third-order valence-electron chi connectivity index (χ3n) is 6.51. The molecule has 3 heterocycles. The number of halogens is 1. The zero-order valence-corrected chi connectivity index (χ0v) is 21.3. The Kier molecular flexibility index (Phi) is 4.46. The third kappa shape index (κ3) is 5.44. The van der Waals surface area contributed by atoms with E-state index in [9.17, 15) is 14.4 Å². The largest absolute Gasteiger partial charge is 0.381 e. The van der Waals surface area contributed by atoms with Crippen LogP contribution in [0.25, 0.3) is 0 Å². The molecule has 3 aliphatic rings. The number of anilines is 1. The van der Waals surface area contributed by atoms with Crippen LogP contribution in [0.1, 0.15) is 79.8 Å². The Morgan fingerprint density at radius 2 is 2.00 bits per heavy atom. The van der Waals surface area contributed by atoms with Crippen LogP contribution in [-0.2, 0) is 33.9 Å². The average molecular weight is 532 g/mol. The van der Waals surface area contributed by atoms with Crippen LogP contribution in [0.3, 0.4) is 0 Å². The van der Waals surface area contributed by atoms with Crippen molar-refractivity contribution >= 4 is 23.4 Å². The van der Waals surface area contributed by atoms with Gasteiger partial charge in [-0.05, 0) is 57.8 Å². The number of rotatable bonds is 6. The number of imide groups is 1. The Labute approximate surface area is 235 Å². The molecular weight excluding hydrogens is 487 g/mol. The van der Waals surface area contributed by atoms with Gasteiger partial charge in [0.15, 0.2) is 0 Å². The predicted octanol–water partition coefficient (Wildman–Crippen LogP) is 3.59. The van der Waals surface area contributed by atoms with Gasteiger partial charge >= 0.3 is 0 Å². The van der Waals surface area contributed by atoms with Gasteiger partial charge in [0.2, 0.25) is 11.8 Å². The average Bonchev–Trinajstić information content (AvgIpc) is 3.26. The lowest BCUT2D eigenvalue weighted by Gasteiger charge is -2.47. The zero-order chi connectivity index (χ0) is 35.1. The minimum absolute atomic E-state index is 0.0640. The number of carbonyl (C=O) groups is 3. The summed E-state index contributed by atoms with van der Waals surface area (Å²) >= 11 is 0. The second kappa shape index (κ2) is 9.78. The predicted molar refractivity (Wildman–Crippen MR) is 141 cm³/mol. The summed E-state index contributed by atoms with van der Waals surface area (Å²) in [5.74, 6) is -2.24. The Balaban J connectivity index is 1.40. The molecule has 0 aliphatic carbocycles. The Morgan fingerprint density at radius 3 is 2.74 bits per heavy atom. The number of ether oxygens (including phenoxy) is 1. The fourth-order valence-corrected chi connectivity index (χ4v) is 4.95. The van der Waals surface area contributed by atoms with Gasteiger partial charge in [-0.1, -0.05) is 18.2 Å². The monoisotopic (exact) mass is 531 g/mol. The maximum atomic E-state index is 15.6. The number of morpholine rings is 1. The van der Waals surface area contributed by atoms with Crippen molar-refractivity contribution in [2.45, 2.75) is 77.3 Å². The summed E-state index contributed by atoms with van der Waals surface area (Å²) in [5.41, 5.74) is -3.65. The van der Waals surface area contributed by atoms with Crippen LogP contribution in [-0.4, -0.2) is 57.8 Å². The van der Waals surface area contributed by atoms with Crippen molar-refractivity contribution in [3.8, 4) is 0 Å². The minimum atomic E-state index is -3.25. The Hall–Kier alpha value is -3.30. The van der Waals surface area contributed by atoms with E-state index in [0.717, 1.165) is 13.0 Å². The van der Waals surface area contributed by atoms with Crippen LogP contribution in [0.4, 0.5) is 10.1 Å². The van der Waals surface area contributed by atoms with Gasteiger partial charge in [-0.25, -0.2) is 4.39 Å². The zero-order valence-electron chi connectivity index (χ0n) is 30.3. The molecule has 0 aromatic heterocycles. The van der Waals surface area contributed by atoms with E-state index in [1.54, 1.807) is 18.2 Å². The van der Waals surface area contributed by atoms with Gasteiger partial charge in [0, 0.05) is 73.7 Å². The number of amides is 3. The van der Waals surface area contributed by atoms with Crippen LogP contribution in [0.15, 0.2) is 36.4 Å². The van der Waals surface area contributed by atoms with Crippen molar-refractivity contribution in [1.29, 1.82) is 0 Å². The van der Waals surface area contributed by atoms with Gasteiger partial charge in [-0.3, -0.25) is 24.6 Å². The van der Waals surface area contributed by atoms with Crippen LogP contribution < -0.4 is 10.6 Å². The maximum absolute atomic E-state index is 15.6. The first-order valence-corrected chi connectivity index (χ1v) is 12.3. The summed E-state index contributed by atoms with van der Waals surface area (Å²) in [6, 6.07) is 7.32. The quantitative estimate of drug-likeness (QED) is 0.554. The number of benzene rings is 2. The van der Waals surface area contributed by atoms with E-state index in [0.29, 0.717) is 16.8 Å². The molecule has 3 amide bonds. The maximum Gasteiger partial charge on any atom is 0.255 e. The van der Waals surface area contributed by atoms with Gasteiger partial charge in [0.1, 0.15) is 11.9 Å². The molecule has 9 heteroatoms. The molecule has 202 valence electrons. The van der Waals surface area contributed by atoms with E-state index in [4.69, 9.17) is 17.1 Å². The Morgan fingerprint density at radius 1 is 1.21 bits per heavy atom. The van der Waals surface area contributed by atoms with E-state index < -0.39 is 66.8 Å². The summed E-state index contributed by atoms with van der Waals surface area (Å²) in [7, 11) is 0. The Bertz CT molecular complexity index is 1650. The summed E-state index contributed by atoms with van der Waals surface area (Å²) in [4.78, 5) is 38.7. The van der Waals surface area contributed by atoms with Crippen LogP contribution in [0, 0.1) is 5.82 Å². The molecule has 0 saturated carbocycles. The van der Waals surface area contributed by atoms with Gasteiger partial charge in [-0.15, -0.1) is 0 Å². The molecule has 2 saturated heterocycles. The lowest BCUT2D eigenvalue weighted by Crippen LogP contribution is -2.56.